The van der Waals surface area contributed by atoms with E-state index in [1.54, 1.807) is 10.5 Å². The molecule has 3 saturated heterocycles. The predicted octanol–water partition coefficient (Wildman–Crippen LogP) is 5.13. The highest BCUT2D eigenvalue weighted by atomic mass is 35.5. The van der Waals surface area contributed by atoms with Gasteiger partial charge in [-0.1, -0.05) is 55.3 Å². The van der Waals surface area contributed by atoms with E-state index in [-0.39, 0.29) is 24.1 Å². The van der Waals surface area contributed by atoms with Crippen LogP contribution in [0.2, 0.25) is 5.02 Å². The third-order valence-corrected chi connectivity index (χ3v) is 10.7. The maximum atomic E-state index is 13.1. The molecular formula is C35H41ClN4O3. The average Bonchev–Trinajstić information content (AvgIpc) is 3.61. The third-order valence-electron chi connectivity index (χ3n) is 10.4. The number of benzene rings is 2. The number of nitrogens with one attached hydrogen (secondary N) is 1. The number of carbonyl (C=O) groups is 3. The van der Waals surface area contributed by atoms with Crippen molar-refractivity contribution in [3.63, 3.8) is 0 Å². The number of rotatable bonds is 6. The van der Waals surface area contributed by atoms with E-state index in [1.165, 1.54) is 29.5 Å². The van der Waals surface area contributed by atoms with Crippen molar-refractivity contribution in [1.29, 1.82) is 0 Å². The summed E-state index contributed by atoms with van der Waals surface area (Å²) in [5, 5.41) is 3.18. The summed E-state index contributed by atoms with van der Waals surface area (Å²) < 4.78 is 0. The van der Waals surface area contributed by atoms with Crippen molar-refractivity contribution in [3.05, 3.63) is 75.3 Å². The van der Waals surface area contributed by atoms with Crippen molar-refractivity contribution in [1.82, 2.24) is 20.0 Å². The van der Waals surface area contributed by atoms with Crippen LogP contribution in [0, 0.1) is 17.3 Å². The van der Waals surface area contributed by atoms with E-state index in [4.69, 9.17) is 11.6 Å². The van der Waals surface area contributed by atoms with Gasteiger partial charge in [0.1, 0.15) is 6.04 Å². The van der Waals surface area contributed by atoms with Gasteiger partial charge in [-0.2, -0.15) is 0 Å². The van der Waals surface area contributed by atoms with Crippen molar-refractivity contribution < 1.29 is 14.4 Å². The lowest BCUT2D eigenvalue weighted by Gasteiger charge is -2.35. The Labute approximate surface area is 259 Å². The molecule has 0 radical (unpaired) electrons. The van der Waals surface area contributed by atoms with E-state index in [2.05, 4.69) is 53.2 Å². The topological polar surface area (TPSA) is 73.0 Å². The SMILES string of the molecule is CC1(C)CCC(CN2CC3CN(Cc4ccc5c(c4)CN(C4CCC(=O)NC4=O)C5=O)CC3C2)=C(c2ccc(Cl)cc2)C1. The van der Waals surface area contributed by atoms with Crippen LogP contribution >= 0.6 is 11.6 Å². The number of hydrogen-bond donors (Lipinski definition) is 1. The number of halogens is 1. The summed E-state index contributed by atoms with van der Waals surface area (Å²) in [5.74, 6) is 0.657. The Bertz CT molecular complexity index is 1480. The van der Waals surface area contributed by atoms with Crippen LogP contribution in [0.25, 0.3) is 5.57 Å². The first kappa shape index (κ1) is 28.8. The summed E-state index contributed by atoms with van der Waals surface area (Å²) in [7, 11) is 0. The second-order valence-corrected chi connectivity index (χ2v) is 14.7. The summed E-state index contributed by atoms with van der Waals surface area (Å²) in [6.07, 6.45) is 4.20. The van der Waals surface area contributed by atoms with Crippen molar-refractivity contribution in [2.24, 2.45) is 17.3 Å². The number of hydrogen-bond acceptors (Lipinski definition) is 5. The summed E-state index contributed by atoms with van der Waals surface area (Å²) in [4.78, 5) is 43.9. The monoisotopic (exact) mass is 600 g/mol. The molecule has 2 aromatic rings. The van der Waals surface area contributed by atoms with Gasteiger partial charge in [0, 0.05) is 62.8 Å². The number of likely N-dealkylation sites (tertiary alicyclic amines) is 2. The molecule has 0 spiro atoms. The summed E-state index contributed by atoms with van der Waals surface area (Å²) in [6.45, 7) is 11.7. The Balaban J connectivity index is 0.968. The molecule has 0 bridgehead atoms. The molecule has 8 heteroatoms. The van der Waals surface area contributed by atoms with Gasteiger partial charge in [0.05, 0.1) is 0 Å². The van der Waals surface area contributed by atoms with Crippen LogP contribution in [0.4, 0.5) is 0 Å². The number of allylic oxidation sites excluding steroid dienone is 1. The van der Waals surface area contributed by atoms with Gasteiger partial charge in [-0.15, -0.1) is 0 Å². The van der Waals surface area contributed by atoms with Crippen LogP contribution in [-0.2, 0) is 22.7 Å². The van der Waals surface area contributed by atoms with Crippen molar-refractivity contribution in [3.8, 4) is 0 Å². The molecule has 1 N–H and O–H groups in total. The highest BCUT2D eigenvalue weighted by Crippen LogP contribution is 2.44. The smallest absolute Gasteiger partial charge is 0.255 e. The Kier molecular flexibility index (Phi) is 7.47. The van der Waals surface area contributed by atoms with E-state index in [1.807, 2.05) is 18.2 Å². The fourth-order valence-corrected chi connectivity index (χ4v) is 8.29. The minimum Gasteiger partial charge on any atom is -0.322 e. The number of nitrogens with zero attached hydrogens (tertiary/aromatic N) is 3. The average molecular weight is 601 g/mol. The third kappa shape index (κ3) is 5.79. The molecule has 3 fully saturated rings. The molecule has 7 rings (SSSR count). The molecule has 3 atom stereocenters. The lowest BCUT2D eigenvalue weighted by Crippen LogP contribution is -2.52. The maximum Gasteiger partial charge on any atom is 0.255 e. The van der Waals surface area contributed by atoms with Gasteiger partial charge < -0.3 is 4.90 Å². The Morgan fingerprint density at radius 1 is 0.907 bits per heavy atom. The fourth-order valence-electron chi connectivity index (χ4n) is 8.16. The van der Waals surface area contributed by atoms with Gasteiger partial charge >= 0.3 is 0 Å². The van der Waals surface area contributed by atoms with Gasteiger partial charge in [0.25, 0.3) is 5.91 Å². The number of piperidine rings is 1. The molecule has 5 aliphatic rings. The van der Waals surface area contributed by atoms with Gasteiger partial charge in [-0.3, -0.25) is 29.5 Å². The second-order valence-electron chi connectivity index (χ2n) is 14.2. The normalized spacial score (nSPS) is 27.6. The minimum atomic E-state index is -0.569. The van der Waals surface area contributed by atoms with E-state index >= 15 is 0 Å². The van der Waals surface area contributed by atoms with Crippen LogP contribution < -0.4 is 5.32 Å². The van der Waals surface area contributed by atoms with Crippen molar-refractivity contribution in [2.75, 3.05) is 32.7 Å². The molecule has 226 valence electrons. The standard InChI is InChI=1S/C35H41ClN4O3/c1-35(2)12-11-24(30(14-35)23-4-6-28(36)7-5-23)16-39-19-26-17-38(18-27(26)20-39)15-22-3-8-29-25(13-22)21-40(34(29)43)31-9-10-32(41)37-33(31)42/h3-8,13,26-27,31H,9-12,14-21H2,1-2H3,(H,37,41,42). The zero-order chi connectivity index (χ0) is 29.9. The van der Waals surface area contributed by atoms with E-state index in [0.29, 0.717) is 35.8 Å². The molecule has 0 aromatic heterocycles. The minimum absolute atomic E-state index is 0.109. The molecule has 0 saturated carbocycles. The lowest BCUT2D eigenvalue weighted by atomic mass is 9.72. The Morgan fingerprint density at radius 2 is 1.60 bits per heavy atom. The van der Waals surface area contributed by atoms with Gasteiger partial charge in [-0.05, 0) is 83.4 Å². The number of carbonyl (C=O) groups excluding carboxylic acids is 3. The highest BCUT2D eigenvalue weighted by Gasteiger charge is 2.42. The van der Waals surface area contributed by atoms with Crippen LogP contribution in [0.3, 0.4) is 0 Å². The van der Waals surface area contributed by atoms with Crippen LogP contribution in [-0.4, -0.2) is 71.2 Å². The molecule has 43 heavy (non-hydrogen) atoms. The Morgan fingerprint density at radius 3 is 2.30 bits per heavy atom. The van der Waals surface area contributed by atoms with E-state index in [0.717, 1.165) is 56.3 Å². The van der Waals surface area contributed by atoms with E-state index < -0.39 is 6.04 Å². The van der Waals surface area contributed by atoms with Crippen LogP contribution in [0.5, 0.6) is 0 Å². The van der Waals surface area contributed by atoms with Gasteiger partial charge in [0.2, 0.25) is 11.8 Å². The summed E-state index contributed by atoms with van der Waals surface area (Å²) in [6, 6.07) is 14.0. The lowest BCUT2D eigenvalue weighted by molar-refractivity contribution is -0.136. The highest BCUT2D eigenvalue weighted by molar-refractivity contribution is 6.30. The molecule has 4 heterocycles. The fraction of sp³-hybridized carbons (Fsp3) is 0.514. The molecule has 3 amide bonds. The van der Waals surface area contributed by atoms with Crippen molar-refractivity contribution >= 4 is 34.9 Å². The van der Waals surface area contributed by atoms with Crippen molar-refractivity contribution in [2.45, 2.75) is 65.1 Å². The second kappa shape index (κ2) is 11.2. The summed E-state index contributed by atoms with van der Waals surface area (Å²) >= 11 is 6.21. The molecule has 7 nitrogen and oxygen atoms in total. The largest absolute Gasteiger partial charge is 0.322 e. The van der Waals surface area contributed by atoms with Gasteiger partial charge in [-0.25, -0.2) is 0 Å². The first-order valence-electron chi connectivity index (χ1n) is 15.8. The Hall–Kier alpha value is -3.00. The number of fused-ring (bicyclic) bond motifs is 2. The summed E-state index contributed by atoms with van der Waals surface area (Å²) in [5.41, 5.74) is 7.67. The van der Waals surface area contributed by atoms with Crippen LogP contribution in [0.15, 0.2) is 48.0 Å². The zero-order valence-corrected chi connectivity index (χ0v) is 26.0. The first-order valence-corrected chi connectivity index (χ1v) is 16.2. The molecular weight excluding hydrogens is 560 g/mol. The van der Waals surface area contributed by atoms with Crippen LogP contribution in [0.1, 0.15) is 73.0 Å². The van der Waals surface area contributed by atoms with Gasteiger partial charge in [0.15, 0.2) is 0 Å². The van der Waals surface area contributed by atoms with E-state index in [9.17, 15) is 14.4 Å². The number of imide groups is 1. The molecule has 3 unspecified atom stereocenters. The molecule has 4 aliphatic heterocycles. The quantitative estimate of drug-likeness (QED) is 0.466. The predicted molar refractivity (Wildman–Crippen MR) is 167 cm³/mol. The zero-order valence-electron chi connectivity index (χ0n) is 25.2. The maximum absolute atomic E-state index is 13.1. The molecule has 2 aromatic carbocycles. The molecule has 1 aliphatic carbocycles. The first-order chi connectivity index (χ1) is 20.6. The number of amides is 3.